The molecule has 1 aromatic heterocycles. The third kappa shape index (κ3) is 3.74. The third-order valence-electron chi connectivity index (χ3n) is 3.01. The van der Waals surface area contributed by atoms with E-state index < -0.39 is 5.41 Å². The van der Waals surface area contributed by atoms with Crippen LogP contribution in [0.15, 0.2) is 29.6 Å². The zero-order chi connectivity index (χ0) is 15.5. The van der Waals surface area contributed by atoms with Crippen LogP contribution in [-0.4, -0.2) is 17.6 Å². The zero-order valence-electron chi connectivity index (χ0n) is 12.1. The molecule has 0 spiro atoms. The van der Waals surface area contributed by atoms with Gasteiger partial charge in [-0.3, -0.25) is 4.79 Å². The van der Waals surface area contributed by atoms with Crippen LogP contribution < -0.4 is 5.32 Å². The van der Waals surface area contributed by atoms with Gasteiger partial charge in [-0.25, -0.2) is 4.98 Å². The van der Waals surface area contributed by atoms with E-state index in [9.17, 15) is 4.79 Å². The average molecular weight is 325 g/mol. The molecule has 6 heteroatoms. The van der Waals surface area contributed by atoms with Gasteiger partial charge in [-0.1, -0.05) is 17.7 Å². The fourth-order valence-electron chi connectivity index (χ4n) is 1.72. The minimum Gasteiger partial charge on any atom is -0.465 e. The SMILES string of the molecule is CCOC(=O)C(C)(C)c1csc(Nc2cccc(Cl)c2)n1. The molecule has 0 aliphatic carbocycles. The molecule has 0 radical (unpaired) electrons. The molecule has 0 bridgehead atoms. The number of nitrogens with one attached hydrogen (secondary N) is 1. The van der Waals surface area contributed by atoms with Crippen LogP contribution >= 0.6 is 22.9 Å². The van der Waals surface area contributed by atoms with Crippen molar-refractivity contribution in [2.45, 2.75) is 26.2 Å². The first-order valence-electron chi connectivity index (χ1n) is 6.59. The van der Waals surface area contributed by atoms with E-state index in [1.54, 1.807) is 6.92 Å². The Labute approximate surface area is 133 Å². The van der Waals surface area contributed by atoms with E-state index in [2.05, 4.69) is 10.3 Å². The molecule has 4 nitrogen and oxygen atoms in total. The van der Waals surface area contributed by atoms with Crippen molar-refractivity contribution in [2.75, 3.05) is 11.9 Å². The second-order valence-electron chi connectivity index (χ2n) is 5.02. The summed E-state index contributed by atoms with van der Waals surface area (Å²) in [6, 6.07) is 7.40. The standard InChI is InChI=1S/C15H17ClN2O2S/c1-4-20-13(19)15(2,3)12-9-21-14(18-12)17-11-7-5-6-10(16)8-11/h5-9H,4H2,1-3H3,(H,17,18). The molecule has 0 atom stereocenters. The molecule has 1 N–H and O–H groups in total. The van der Waals surface area contributed by atoms with Gasteiger partial charge in [0.05, 0.1) is 12.3 Å². The van der Waals surface area contributed by atoms with Crippen molar-refractivity contribution < 1.29 is 9.53 Å². The molecule has 21 heavy (non-hydrogen) atoms. The van der Waals surface area contributed by atoms with Crippen LogP contribution in [-0.2, 0) is 14.9 Å². The maximum absolute atomic E-state index is 12.0. The van der Waals surface area contributed by atoms with E-state index in [0.29, 0.717) is 22.5 Å². The molecule has 0 aliphatic heterocycles. The van der Waals surface area contributed by atoms with Crippen molar-refractivity contribution in [3.05, 3.63) is 40.4 Å². The summed E-state index contributed by atoms with van der Waals surface area (Å²) in [5.41, 5.74) is 0.786. The summed E-state index contributed by atoms with van der Waals surface area (Å²) < 4.78 is 5.09. The maximum atomic E-state index is 12.0. The largest absolute Gasteiger partial charge is 0.465 e. The molecule has 0 amide bonds. The molecule has 1 heterocycles. The predicted octanol–water partition coefficient (Wildman–Crippen LogP) is 4.38. The Balaban J connectivity index is 2.16. The molecule has 2 aromatic rings. The van der Waals surface area contributed by atoms with Crippen molar-refractivity contribution in [3.8, 4) is 0 Å². The summed E-state index contributed by atoms with van der Waals surface area (Å²) in [5.74, 6) is -0.274. The van der Waals surface area contributed by atoms with Gasteiger partial charge in [0.1, 0.15) is 5.41 Å². The van der Waals surface area contributed by atoms with E-state index in [1.165, 1.54) is 11.3 Å². The molecule has 0 saturated heterocycles. The monoisotopic (exact) mass is 324 g/mol. The van der Waals surface area contributed by atoms with Crippen LogP contribution in [0.2, 0.25) is 5.02 Å². The Morgan fingerprint density at radius 2 is 2.24 bits per heavy atom. The first kappa shape index (κ1) is 15.8. The highest BCUT2D eigenvalue weighted by Gasteiger charge is 2.33. The van der Waals surface area contributed by atoms with Crippen LogP contribution in [0.3, 0.4) is 0 Å². The topological polar surface area (TPSA) is 51.2 Å². The van der Waals surface area contributed by atoms with Crippen LogP contribution in [0.4, 0.5) is 10.8 Å². The van der Waals surface area contributed by atoms with Gasteiger partial charge in [0.25, 0.3) is 0 Å². The summed E-state index contributed by atoms with van der Waals surface area (Å²) in [4.78, 5) is 16.5. The summed E-state index contributed by atoms with van der Waals surface area (Å²) >= 11 is 7.39. The summed E-state index contributed by atoms with van der Waals surface area (Å²) in [7, 11) is 0. The number of nitrogens with zero attached hydrogens (tertiary/aromatic N) is 1. The number of esters is 1. The molecule has 0 saturated carbocycles. The lowest BCUT2D eigenvalue weighted by Gasteiger charge is -2.19. The second-order valence-corrected chi connectivity index (χ2v) is 6.31. The molecule has 0 fully saturated rings. The Bertz CT molecular complexity index is 640. The van der Waals surface area contributed by atoms with Crippen molar-refractivity contribution in [1.82, 2.24) is 4.98 Å². The van der Waals surface area contributed by atoms with Crippen LogP contribution in [0, 0.1) is 0 Å². The highest BCUT2D eigenvalue weighted by molar-refractivity contribution is 7.13. The summed E-state index contributed by atoms with van der Waals surface area (Å²) in [6.07, 6.45) is 0. The predicted molar refractivity (Wildman–Crippen MR) is 86.5 cm³/mol. The second kappa shape index (κ2) is 6.45. The number of benzene rings is 1. The molecule has 1 aromatic carbocycles. The van der Waals surface area contributed by atoms with E-state index in [1.807, 2.05) is 43.5 Å². The number of carbonyl (C=O) groups is 1. The number of halogens is 1. The number of aromatic nitrogens is 1. The maximum Gasteiger partial charge on any atom is 0.317 e. The summed E-state index contributed by atoms with van der Waals surface area (Å²) in [6.45, 7) is 5.77. The first-order valence-corrected chi connectivity index (χ1v) is 7.85. The lowest BCUT2D eigenvalue weighted by molar-refractivity contribution is -0.148. The first-order chi connectivity index (χ1) is 9.93. The van der Waals surface area contributed by atoms with Gasteiger partial charge < -0.3 is 10.1 Å². The van der Waals surface area contributed by atoms with E-state index in [0.717, 1.165) is 5.69 Å². The Morgan fingerprint density at radius 3 is 2.90 bits per heavy atom. The van der Waals surface area contributed by atoms with Crippen molar-refractivity contribution in [3.63, 3.8) is 0 Å². The van der Waals surface area contributed by atoms with Crippen LogP contribution in [0.1, 0.15) is 26.5 Å². The number of hydrogen-bond acceptors (Lipinski definition) is 5. The number of thiazole rings is 1. The van der Waals surface area contributed by atoms with Crippen molar-refractivity contribution in [2.24, 2.45) is 0 Å². The molecule has 2 rings (SSSR count). The molecule has 0 aliphatic rings. The van der Waals surface area contributed by atoms with E-state index >= 15 is 0 Å². The van der Waals surface area contributed by atoms with Gasteiger partial charge in [0, 0.05) is 16.1 Å². The minimum atomic E-state index is -0.763. The number of carbonyl (C=O) groups excluding carboxylic acids is 1. The van der Waals surface area contributed by atoms with Crippen LogP contribution in [0.5, 0.6) is 0 Å². The molecule has 0 unspecified atom stereocenters. The quantitative estimate of drug-likeness (QED) is 0.829. The van der Waals surface area contributed by atoms with Gasteiger partial charge in [-0.15, -0.1) is 11.3 Å². The fraction of sp³-hybridized carbons (Fsp3) is 0.333. The fourth-order valence-corrected chi connectivity index (χ4v) is 2.81. The van der Waals surface area contributed by atoms with Gasteiger partial charge in [-0.2, -0.15) is 0 Å². The lowest BCUT2D eigenvalue weighted by atomic mass is 9.90. The van der Waals surface area contributed by atoms with Gasteiger partial charge in [0.2, 0.25) is 0 Å². The van der Waals surface area contributed by atoms with Gasteiger partial charge in [-0.05, 0) is 39.0 Å². The number of ether oxygens (including phenoxy) is 1. The third-order valence-corrected chi connectivity index (χ3v) is 4.00. The van der Waals surface area contributed by atoms with E-state index in [-0.39, 0.29) is 5.97 Å². The number of rotatable bonds is 5. The van der Waals surface area contributed by atoms with Gasteiger partial charge in [0.15, 0.2) is 5.13 Å². The highest BCUT2D eigenvalue weighted by Crippen LogP contribution is 2.30. The smallest absolute Gasteiger partial charge is 0.317 e. The van der Waals surface area contributed by atoms with E-state index in [4.69, 9.17) is 16.3 Å². The Kier molecular flexibility index (Phi) is 4.85. The molecular weight excluding hydrogens is 308 g/mol. The van der Waals surface area contributed by atoms with Crippen molar-refractivity contribution in [1.29, 1.82) is 0 Å². The summed E-state index contributed by atoms with van der Waals surface area (Å²) in [5, 5.41) is 6.41. The van der Waals surface area contributed by atoms with Crippen molar-refractivity contribution >= 4 is 39.7 Å². The molecule has 112 valence electrons. The highest BCUT2D eigenvalue weighted by atomic mass is 35.5. The van der Waals surface area contributed by atoms with Crippen LogP contribution in [0.25, 0.3) is 0 Å². The zero-order valence-corrected chi connectivity index (χ0v) is 13.7. The minimum absolute atomic E-state index is 0.274. The Morgan fingerprint density at radius 1 is 1.48 bits per heavy atom. The Hall–Kier alpha value is -1.59. The van der Waals surface area contributed by atoms with Gasteiger partial charge >= 0.3 is 5.97 Å². The average Bonchev–Trinajstić information content (AvgIpc) is 2.88. The number of anilines is 2. The normalized spacial score (nSPS) is 11.2. The molecular formula is C15H17ClN2O2S. The lowest BCUT2D eigenvalue weighted by Crippen LogP contribution is -2.31. The number of hydrogen-bond donors (Lipinski definition) is 1.